The van der Waals surface area contributed by atoms with Crippen molar-refractivity contribution in [1.29, 1.82) is 0 Å². The highest BCUT2D eigenvalue weighted by molar-refractivity contribution is 7.92. The second-order valence-electron chi connectivity index (χ2n) is 6.54. The highest BCUT2D eigenvalue weighted by Gasteiger charge is 2.32. The zero-order chi connectivity index (χ0) is 20.7. The molecule has 27 heavy (non-hydrogen) atoms. The van der Waals surface area contributed by atoms with Crippen LogP contribution in [0.2, 0.25) is 0 Å². The smallest absolute Gasteiger partial charge is 0.354 e. The van der Waals surface area contributed by atoms with Gasteiger partial charge in [-0.25, -0.2) is 8.42 Å². The number of anilines is 1. The predicted octanol–water partition coefficient (Wildman–Crippen LogP) is 3.80. The highest BCUT2D eigenvalue weighted by Crippen LogP contribution is 2.32. The third-order valence-corrected chi connectivity index (χ3v) is 5.42. The van der Waals surface area contributed by atoms with E-state index < -0.39 is 34.2 Å². The van der Waals surface area contributed by atoms with Crippen LogP contribution in [0, 0.1) is 5.92 Å². The molecule has 1 N–H and O–H groups in total. The Bertz CT molecular complexity index is 721. The maximum atomic E-state index is 12.9. The lowest BCUT2D eigenvalue weighted by Gasteiger charge is -2.23. The van der Waals surface area contributed by atoms with Gasteiger partial charge in [-0.15, -0.1) is 0 Å². The molecule has 0 aliphatic rings. The van der Waals surface area contributed by atoms with Crippen molar-refractivity contribution in [2.45, 2.75) is 45.7 Å². The molecule has 0 saturated carbocycles. The van der Waals surface area contributed by atoms with E-state index in [-0.39, 0.29) is 11.6 Å². The summed E-state index contributed by atoms with van der Waals surface area (Å²) in [6.07, 6.45) is 0.169. The Balaban J connectivity index is 2.89. The Hall–Kier alpha value is -1.77. The summed E-state index contributed by atoms with van der Waals surface area (Å²) in [4.78, 5) is 12.2. The SMILES string of the molecule is CCCC[C@@H](CC)CNC(=O)CN(c1cccc(C(F)(F)F)c1)S(C)(=O)=O. The first kappa shape index (κ1) is 23.3. The molecule has 0 spiro atoms. The second kappa shape index (κ2) is 9.96. The molecule has 1 aromatic carbocycles. The molecule has 0 unspecified atom stereocenters. The number of carbonyl (C=O) groups excluding carboxylic acids is 1. The maximum Gasteiger partial charge on any atom is 0.416 e. The largest absolute Gasteiger partial charge is 0.416 e. The first-order valence-corrected chi connectivity index (χ1v) is 10.8. The van der Waals surface area contributed by atoms with Crippen LogP contribution in [0.15, 0.2) is 24.3 Å². The van der Waals surface area contributed by atoms with E-state index in [0.717, 1.165) is 50.1 Å². The van der Waals surface area contributed by atoms with Gasteiger partial charge >= 0.3 is 6.18 Å². The van der Waals surface area contributed by atoms with Gasteiger partial charge in [0.15, 0.2) is 0 Å². The van der Waals surface area contributed by atoms with E-state index in [1.54, 1.807) is 0 Å². The average Bonchev–Trinajstić information content (AvgIpc) is 2.58. The summed E-state index contributed by atoms with van der Waals surface area (Å²) in [5.41, 5.74) is -1.17. The quantitative estimate of drug-likeness (QED) is 0.640. The van der Waals surface area contributed by atoms with Crippen molar-refractivity contribution in [2.75, 3.05) is 23.7 Å². The fraction of sp³-hybridized carbons (Fsp3) is 0.611. The molecule has 1 atom stereocenters. The van der Waals surface area contributed by atoms with Gasteiger partial charge in [-0.3, -0.25) is 9.10 Å². The predicted molar refractivity (Wildman–Crippen MR) is 99.9 cm³/mol. The van der Waals surface area contributed by atoms with Crippen molar-refractivity contribution in [3.8, 4) is 0 Å². The van der Waals surface area contributed by atoms with Crippen molar-refractivity contribution >= 4 is 21.6 Å². The van der Waals surface area contributed by atoms with Crippen LogP contribution in [-0.2, 0) is 21.0 Å². The lowest BCUT2D eigenvalue weighted by molar-refractivity contribution is -0.137. The standard InChI is InChI=1S/C18H27F3N2O3S/c1-4-6-8-14(5-2)12-22-17(24)13-23(27(3,25)26)16-10-7-9-15(11-16)18(19,20)21/h7,9-11,14H,4-6,8,12-13H2,1-3H3,(H,22,24)/t14-/m1/s1. The first-order chi connectivity index (χ1) is 12.5. The Morgan fingerprint density at radius 2 is 1.93 bits per heavy atom. The van der Waals surface area contributed by atoms with Crippen LogP contribution in [0.5, 0.6) is 0 Å². The molecule has 1 aromatic rings. The number of unbranched alkanes of at least 4 members (excludes halogenated alkanes) is 1. The van der Waals surface area contributed by atoms with E-state index in [1.165, 1.54) is 6.07 Å². The summed E-state index contributed by atoms with van der Waals surface area (Å²) in [5.74, 6) is -0.262. The monoisotopic (exact) mass is 408 g/mol. The number of rotatable bonds is 10. The first-order valence-electron chi connectivity index (χ1n) is 8.90. The molecule has 154 valence electrons. The molecule has 0 radical (unpaired) electrons. The minimum Gasteiger partial charge on any atom is -0.354 e. The van der Waals surface area contributed by atoms with Gasteiger partial charge in [-0.1, -0.05) is 39.2 Å². The lowest BCUT2D eigenvalue weighted by Crippen LogP contribution is -2.41. The van der Waals surface area contributed by atoms with E-state index in [9.17, 15) is 26.4 Å². The second-order valence-corrected chi connectivity index (χ2v) is 8.45. The van der Waals surface area contributed by atoms with Crippen molar-refractivity contribution in [2.24, 2.45) is 5.92 Å². The topological polar surface area (TPSA) is 66.5 Å². The van der Waals surface area contributed by atoms with Crippen LogP contribution in [0.1, 0.15) is 45.1 Å². The Labute approximate surface area is 159 Å². The molecule has 0 aliphatic heterocycles. The van der Waals surface area contributed by atoms with Crippen LogP contribution in [0.25, 0.3) is 0 Å². The number of carbonyl (C=O) groups is 1. The molecule has 0 aliphatic carbocycles. The number of hydrogen-bond acceptors (Lipinski definition) is 3. The fourth-order valence-electron chi connectivity index (χ4n) is 2.63. The minimum atomic E-state index is -4.60. The summed E-state index contributed by atoms with van der Waals surface area (Å²) in [5, 5.41) is 2.69. The molecule has 0 bridgehead atoms. The molecule has 1 rings (SSSR count). The van der Waals surface area contributed by atoms with Crippen LogP contribution in [0.4, 0.5) is 18.9 Å². The van der Waals surface area contributed by atoms with Gasteiger partial charge in [0.25, 0.3) is 0 Å². The zero-order valence-corrected chi connectivity index (χ0v) is 16.7. The van der Waals surface area contributed by atoms with Crippen molar-refractivity contribution in [1.82, 2.24) is 5.32 Å². The summed E-state index contributed by atoms with van der Waals surface area (Å²) < 4.78 is 63.4. The van der Waals surface area contributed by atoms with Crippen LogP contribution < -0.4 is 9.62 Å². The number of alkyl halides is 3. The molecule has 1 amide bonds. The maximum absolute atomic E-state index is 12.9. The number of nitrogens with one attached hydrogen (secondary N) is 1. The van der Waals surface area contributed by atoms with Gasteiger partial charge < -0.3 is 5.32 Å². The summed E-state index contributed by atoms with van der Waals surface area (Å²) in [7, 11) is -3.93. The van der Waals surface area contributed by atoms with Gasteiger partial charge in [0.05, 0.1) is 17.5 Å². The molecule has 9 heteroatoms. The lowest BCUT2D eigenvalue weighted by atomic mass is 9.99. The van der Waals surface area contributed by atoms with E-state index in [2.05, 4.69) is 12.2 Å². The van der Waals surface area contributed by atoms with Gasteiger partial charge in [0, 0.05) is 6.54 Å². The van der Waals surface area contributed by atoms with Crippen LogP contribution in [-0.4, -0.2) is 33.7 Å². The van der Waals surface area contributed by atoms with E-state index in [1.807, 2.05) is 6.92 Å². The molecular weight excluding hydrogens is 381 g/mol. The Morgan fingerprint density at radius 1 is 1.26 bits per heavy atom. The Kier molecular flexibility index (Phi) is 8.59. The molecule has 0 aromatic heterocycles. The molecule has 0 fully saturated rings. The molecule has 0 saturated heterocycles. The average molecular weight is 408 g/mol. The summed E-state index contributed by atoms with van der Waals surface area (Å²) >= 11 is 0. The zero-order valence-electron chi connectivity index (χ0n) is 15.8. The number of hydrogen-bond donors (Lipinski definition) is 1. The minimum absolute atomic E-state index is 0.194. The van der Waals surface area contributed by atoms with Gasteiger partial charge in [-0.05, 0) is 30.5 Å². The number of sulfonamides is 1. The summed E-state index contributed by atoms with van der Waals surface area (Å²) in [6.45, 7) is 3.93. The third kappa shape index (κ3) is 7.78. The Morgan fingerprint density at radius 3 is 2.44 bits per heavy atom. The van der Waals surface area contributed by atoms with Gasteiger partial charge in [0.2, 0.25) is 15.9 Å². The van der Waals surface area contributed by atoms with Gasteiger partial charge in [-0.2, -0.15) is 13.2 Å². The molecular formula is C18H27F3N2O3S. The van der Waals surface area contributed by atoms with Crippen molar-refractivity contribution in [3.63, 3.8) is 0 Å². The highest BCUT2D eigenvalue weighted by atomic mass is 32.2. The molecule has 5 nitrogen and oxygen atoms in total. The summed E-state index contributed by atoms with van der Waals surface area (Å²) in [6, 6.07) is 3.93. The normalized spacial score (nSPS) is 13.3. The van der Waals surface area contributed by atoms with E-state index >= 15 is 0 Å². The fourth-order valence-corrected chi connectivity index (χ4v) is 3.47. The number of amides is 1. The van der Waals surface area contributed by atoms with Crippen LogP contribution in [0.3, 0.4) is 0 Å². The number of benzene rings is 1. The van der Waals surface area contributed by atoms with Gasteiger partial charge in [0.1, 0.15) is 6.54 Å². The van der Waals surface area contributed by atoms with Crippen molar-refractivity contribution < 1.29 is 26.4 Å². The van der Waals surface area contributed by atoms with E-state index in [4.69, 9.17) is 0 Å². The molecule has 0 heterocycles. The van der Waals surface area contributed by atoms with Crippen LogP contribution >= 0.6 is 0 Å². The van der Waals surface area contributed by atoms with E-state index in [0.29, 0.717) is 10.8 Å². The number of nitrogens with zero attached hydrogens (tertiary/aromatic N) is 1. The van der Waals surface area contributed by atoms with Crippen molar-refractivity contribution in [3.05, 3.63) is 29.8 Å². The number of halogens is 3. The third-order valence-electron chi connectivity index (χ3n) is 4.28.